The molecule has 0 bridgehead atoms. The third-order valence-corrected chi connectivity index (χ3v) is 5.30. The van der Waals surface area contributed by atoms with Crippen LogP contribution in [0.15, 0.2) is 42.7 Å². The van der Waals surface area contributed by atoms with Crippen LogP contribution in [0.2, 0.25) is 5.02 Å². The van der Waals surface area contributed by atoms with E-state index in [1.165, 1.54) is 12.0 Å². The Hall–Kier alpha value is -2.07. The lowest BCUT2D eigenvalue weighted by Crippen LogP contribution is -2.35. The number of benzene rings is 1. The number of aryl methyl sites for hydroxylation is 1. The highest BCUT2D eigenvalue weighted by molar-refractivity contribution is 6.32. The van der Waals surface area contributed by atoms with Gasteiger partial charge in [-0.05, 0) is 54.7 Å². The summed E-state index contributed by atoms with van der Waals surface area (Å²) >= 11 is 6.19. The second-order valence-corrected chi connectivity index (χ2v) is 7.11. The van der Waals surface area contributed by atoms with Gasteiger partial charge in [0.2, 0.25) is 5.91 Å². The number of ether oxygens (including phenoxy) is 1. The molecule has 0 spiro atoms. The lowest BCUT2D eigenvalue weighted by molar-refractivity contribution is -0.133. The molecule has 1 aliphatic heterocycles. The summed E-state index contributed by atoms with van der Waals surface area (Å²) in [6.45, 7) is 0.829. The molecule has 0 aliphatic carbocycles. The molecule has 1 aliphatic rings. The van der Waals surface area contributed by atoms with E-state index in [2.05, 4.69) is 9.88 Å². The Kier molecular flexibility index (Phi) is 6.51. The Balaban J connectivity index is 1.69. The van der Waals surface area contributed by atoms with Gasteiger partial charge in [-0.1, -0.05) is 30.5 Å². The molecule has 1 aromatic carbocycles. The number of pyridine rings is 1. The fourth-order valence-corrected chi connectivity index (χ4v) is 3.88. The van der Waals surface area contributed by atoms with Gasteiger partial charge >= 0.3 is 0 Å². The zero-order valence-electron chi connectivity index (χ0n) is 15.2. The van der Waals surface area contributed by atoms with Crippen LogP contribution in [0.5, 0.6) is 5.75 Å². The Morgan fingerprint density at radius 2 is 2.04 bits per heavy atom. The highest BCUT2D eigenvalue weighted by Gasteiger charge is 2.26. The Bertz CT molecular complexity index is 736. The second kappa shape index (κ2) is 9.04. The number of nitrogens with zero attached hydrogens (tertiary/aromatic N) is 2. The lowest BCUT2D eigenvalue weighted by atomic mass is 10.0. The van der Waals surface area contributed by atoms with Gasteiger partial charge in [0.05, 0.1) is 18.2 Å². The average Bonchev–Trinajstić information content (AvgIpc) is 2.93. The molecule has 0 radical (unpaired) electrons. The SMILES string of the molecule is COc1ccc(CCC(=O)N2CCCCCC2c2ccncc2)cc1Cl. The van der Waals surface area contributed by atoms with Gasteiger partial charge in [0.1, 0.15) is 5.75 Å². The molecule has 0 saturated carbocycles. The van der Waals surface area contributed by atoms with Crippen molar-refractivity contribution in [1.29, 1.82) is 0 Å². The minimum absolute atomic E-state index is 0.160. The molecule has 1 saturated heterocycles. The second-order valence-electron chi connectivity index (χ2n) is 6.70. The van der Waals surface area contributed by atoms with Crippen molar-refractivity contribution in [3.05, 3.63) is 58.9 Å². The molecule has 1 aromatic heterocycles. The van der Waals surface area contributed by atoms with Crippen molar-refractivity contribution in [2.45, 2.75) is 44.6 Å². The normalized spacial score (nSPS) is 17.6. The summed E-state index contributed by atoms with van der Waals surface area (Å²) in [5, 5.41) is 0.585. The fourth-order valence-electron chi connectivity index (χ4n) is 3.60. The molecule has 2 aromatic rings. The fraction of sp³-hybridized carbons (Fsp3) is 0.429. The number of aromatic nitrogens is 1. The van der Waals surface area contributed by atoms with Crippen LogP contribution >= 0.6 is 11.6 Å². The molecule has 1 fully saturated rings. The predicted octanol–water partition coefficient (Wildman–Crippen LogP) is 4.82. The zero-order chi connectivity index (χ0) is 18.4. The van der Waals surface area contributed by atoms with E-state index in [0.717, 1.165) is 31.4 Å². The van der Waals surface area contributed by atoms with Crippen molar-refractivity contribution >= 4 is 17.5 Å². The van der Waals surface area contributed by atoms with Crippen LogP contribution in [0.4, 0.5) is 0 Å². The number of halogens is 1. The molecular formula is C21H25ClN2O2. The topological polar surface area (TPSA) is 42.4 Å². The van der Waals surface area contributed by atoms with Crippen LogP contribution in [0.1, 0.15) is 49.3 Å². The van der Waals surface area contributed by atoms with Gasteiger partial charge in [0, 0.05) is 25.4 Å². The summed E-state index contributed by atoms with van der Waals surface area (Å²) in [5.74, 6) is 0.868. The number of methoxy groups -OCH3 is 1. The van der Waals surface area contributed by atoms with E-state index in [1.54, 1.807) is 7.11 Å². The number of rotatable bonds is 5. The first-order valence-electron chi connectivity index (χ1n) is 9.21. The van der Waals surface area contributed by atoms with Gasteiger partial charge in [-0.3, -0.25) is 9.78 Å². The van der Waals surface area contributed by atoms with Gasteiger partial charge in [-0.2, -0.15) is 0 Å². The lowest BCUT2D eigenvalue weighted by Gasteiger charge is -2.30. The molecule has 138 valence electrons. The molecule has 1 amide bonds. The van der Waals surface area contributed by atoms with Crippen LogP contribution in [0.25, 0.3) is 0 Å². The van der Waals surface area contributed by atoms with Crippen LogP contribution in [0.3, 0.4) is 0 Å². The first kappa shape index (κ1) is 18.7. The first-order chi connectivity index (χ1) is 12.7. The van der Waals surface area contributed by atoms with E-state index in [4.69, 9.17) is 16.3 Å². The molecule has 5 heteroatoms. The molecule has 4 nitrogen and oxygen atoms in total. The van der Waals surface area contributed by atoms with Crippen molar-refractivity contribution in [3.8, 4) is 5.75 Å². The van der Waals surface area contributed by atoms with E-state index in [-0.39, 0.29) is 11.9 Å². The van der Waals surface area contributed by atoms with Gasteiger partial charge in [0.15, 0.2) is 0 Å². The standard InChI is InChI=1S/C21H25ClN2O2/c1-26-20-8-6-16(15-18(20)22)7-9-21(25)24-14-4-2-3-5-19(24)17-10-12-23-13-11-17/h6,8,10-13,15,19H,2-5,7,9,14H2,1H3. The maximum absolute atomic E-state index is 13.0. The van der Waals surface area contributed by atoms with E-state index in [0.29, 0.717) is 23.6 Å². The minimum Gasteiger partial charge on any atom is -0.495 e. The Morgan fingerprint density at radius 1 is 1.23 bits per heavy atom. The van der Waals surface area contributed by atoms with Crippen LogP contribution in [-0.2, 0) is 11.2 Å². The summed E-state index contributed by atoms with van der Waals surface area (Å²) in [7, 11) is 1.60. The van der Waals surface area contributed by atoms with E-state index < -0.39 is 0 Å². The smallest absolute Gasteiger partial charge is 0.223 e. The van der Waals surface area contributed by atoms with E-state index in [1.807, 2.05) is 42.7 Å². The van der Waals surface area contributed by atoms with Crippen molar-refractivity contribution in [2.75, 3.05) is 13.7 Å². The monoisotopic (exact) mass is 372 g/mol. The summed E-state index contributed by atoms with van der Waals surface area (Å²) in [4.78, 5) is 19.1. The molecule has 26 heavy (non-hydrogen) atoms. The van der Waals surface area contributed by atoms with Crippen molar-refractivity contribution in [2.24, 2.45) is 0 Å². The van der Waals surface area contributed by atoms with Crippen molar-refractivity contribution in [1.82, 2.24) is 9.88 Å². The molecule has 3 rings (SSSR count). The van der Waals surface area contributed by atoms with Crippen LogP contribution < -0.4 is 4.74 Å². The van der Waals surface area contributed by atoms with Gasteiger partial charge in [-0.15, -0.1) is 0 Å². The number of amides is 1. The molecule has 1 unspecified atom stereocenters. The maximum atomic E-state index is 13.0. The van der Waals surface area contributed by atoms with E-state index in [9.17, 15) is 4.79 Å². The number of carbonyl (C=O) groups is 1. The molecule has 2 heterocycles. The van der Waals surface area contributed by atoms with Gasteiger partial charge in [-0.25, -0.2) is 0 Å². The summed E-state index contributed by atoms with van der Waals surface area (Å²) in [6.07, 6.45) is 9.22. The number of likely N-dealkylation sites (tertiary alicyclic amines) is 1. The first-order valence-corrected chi connectivity index (χ1v) is 9.58. The van der Waals surface area contributed by atoms with Gasteiger partial charge in [0.25, 0.3) is 0 Å². The average molecular weight is 373 g/mol. The van der Waals surface area contributed by atoms with Crippen LogP contribution in [-0.4, -0.2) is 29.4 Å². The summed E-state index contributed by atoms with van der Waals surface area (Å²) in [6, 6.07) is 9.93. The number of carbonyl (C=O) groups excluding carboxylic acids is 1. The third kappa shape index (κ3) is 4.55. The Morgan fingerprint density at radius 3 is 2.77 bits per heavy atom. The zero-order valence-corrected chi connectivity index (χ0v) is 15.9. The number of hydrogen-bond donors (Lipinski definition) is 0. The predicted molar refractivity (Wildman–Crippen MR) is 103 cm³/mol. The summed E-state index contributed by atoms with van der Waals surface area (Å²) in [5.41, 5.74) is 2.24. The molecule has 0 N–H and O–H groups in total. The minimum atomic E-state index is 0.160. The Labute approximate surface area is 160 Å². The van der Waals surface area contributed by atoms with Crippen molar-refractivity contribution in [3.63, 3.8) is 0 Å². The molecular weight excluding hydrogens is 348 g/mol. The van der Waals surface area contributed by atoms with E-state index >= 15 is 0 Å². The van der Waals surface area contributed by atoms with Gasteiger partial charge < -0.3 is 9.64 Å². The maximum Gasteiger partial charge on any atom is 0.223 e. The third-order valence-electron chi connectivity index (χ3n) is 5.01. The number of hydrogen-bond acceptors (Lipinski definition) is 3. The summed E-state index contributed by atoms with van der Waals surface area (Å²) < 4.78 is 5.19. The largest absolute Gasteiger partial charge is 0.495 e. The quantitative estimate of drug-likeness (QED) is 0.755. The molecule has 1 atom stereocenters. The highest BCUT2D eigenvalue weighted by Crippen LogP contribution is 2.31. The van der Waals surface area contributed by atoms with Crippen molar-refractivity contribution < 1.29 is 9.53 Å². The highest BCUT2D eigenvalue weighted by atomic mass is 35.5. The van der Waals surface area contributed by atoms with Crippen LogP contribution in [0, 0.1) is 0 Å².